The predicted octanol–water partition coefficient (Wildman–Crippen LogP) is -0.274. The van der Waals surface area contributed by atoms with Crippen LogP contribution >= 0.6 is 0 Å². The summed E-state index contributed by atoms with van der Waals surface area (Å²) in [5.41, 5.74) is 0. The lowest BCUT2D eigenvalue weighted by Gasteiger charge is -1.98. The number of nitrogens with one attached hydrogen (secondary N) is 2. The van der Waals surface area contributed by atoms with Crippen LogP contribution in [0.25, 0.3) is 0 Å². The summed E-state index contributed by atoms with van der Waals surface area (Å²) in [6.07, 6.45) is 4.43. The van der Waals surface area contributed by atoms with E-state index in [2.05, 4.69) is 10.6 Å². The number of nitriles is 1. The second-order valence-corrected chi connectivity index (χ2v) is 2.64. The molecule has 1 saturated carbocycles. The topological polar surface area (TPSA) is 64.9 Å². The Morgan fingerprint density at radius 3 is 2.91 bits per heavy atom. The van der Waals surface area contributed by atoms with E-state index in [4.69, 9.17) is 5.26 Å². The van der Waals surface area contributed by atoms with E-state index in [1.165, 1.54) is 12.8 Å². The van der Waals surface area contributed by atoms with Gasteiger partial charge in [-0.05, 0) is 12.8 Å². The van der Waals surface area contributed by atoms with E-state index < -0.39 is 0 Å². The average molecular weight is 153 g/mol. The average Bonchev–Trinajstić information content (AvgIpc) is 2.72. The Hall–Kier alpha value is -1.08. The van der Waals surface area contributed by atoms with E-state index in [-0.39, 0.29) is 5.91 Å². The quantitative estimate of drug-likeness (QED) is 0.431. The maximum Gasteiger partial charge on any atom is 0.234 e. The maximum atomic E-state index is 10.7. The summed E-state index contributed by atoms with van der Waals surface area (Å²) in [5.74, 6) is -0.208. The first-order chi connectivity index (χ1) is 5.33. The highest BCUT2D eigenvalue weighted by atomic mass is 16.1. The van der Waals surface area contributed by atoms with Crippen molar-refractivity contribution in [1.29, 1.82) is 5.26 Å². The van der Waals surface area contributed by atoms with Crippen molar-refractivity contribution >= 4 is 5.91 Å². The summed E-state index contributed by atoms with van der Waals surface area (Å²) >= 11 is 0. The van der Waals surface area contributed by atoms with Crippen molar-refractivity contribution in [1.82, 2.24) is 10.6 Å². The monoisotopic (exact) mass is 153 g/mol. The van der Waals surface area contributed by atoms with Crippen molar-refractivity contribution in [2.45, 2.75) is 25.3 Å². The first-order valence-corrected chi connectivity index (χ1v) is 3.74. The molecule has 0 spiro atoms. The van der Waals surface area contributed by atoms with E-state index >= 15 is 0 Å². The summed E-state index contributed by atoms with van der Waals surface area (Å²) in [4.78, 5) is 10.7. The van der Waals surface area contributed by atoms with Gasteiger partial charge >= 0.3 is 0 Å². The van der Waals surface area contributed by atoms with Gasteiger partial charge in [0.2, 0.25) is 5.91 Å². The maximum absolute atomic E-state index is 10.7. The Balaban J connectivity index is 1.93. The van der Waals surface area contributed by atoms with Crippen molar-refractivity contribution in [2.75, 3.05) is 6.54 Å². The Kier molecular flexibility index (Phi) is 2.87. The lowest BCUT2D eigenvalue weighted by atomic mass is 10.4. The van der Waals surface area contributed by atoms with Gasteiger partial charge in [0.1, 0.15) is 0 Å². The van der Waals surface area contributed by atoms with E-state index in [0.29, 0.717) is 19.0 Å². The summed E-state index contributed by atoms with van der Waals surface area (Å²) in [7, 11) is 0. The molecule has 0 radical (unpaired) electrons. The zero-order valence-electron chi connectivity index (χ0n) is 6.26. The Bertz CT molecular complexity index is 181. The summed E-state index contributed by atoms with van der Waals surface area (Å²) in [6.45, 7) is 0.679. The Morgan fingerprint density at radius 1 is 1.64 bits per heavy atom. The number of rotatable bonds is 4. The van der Waals surface area contributed by atoms with E-state index in [9.17, 15) is 4.79 Å². The predicted molar refractivity (Wildman–Crippen MR) is 39.4 cm³/mol. The van der Waals surface area contributed by atoms with Gasteiger partial charge in [0.15, 0.2) is 6.19 Å². The number of carbonyl (C=O) groups excluding carboxylic acids is 1. The fraction of sp³-hybridized carbons (Fsp3) is 0.714. The van der Waals surface area contributed by atoms with Crippen molar-refractivity contribution in [2.24, 2.45) is 0 Å². The van der Waals surface area contributed by atoms with Gasteiger partial charge in [-0.3, -0.25) is 10.1 Å². The van der Waals surface area contributed by atoms with Crippen LogP contribution in [0.1, 0.15) is 19.3 Å². The molecule has 4 heteroatoms. The standard InChI is InChI=1S/C7H11N3O/c8-5-10-7(11)3-4-9-6-1-2-6/h6,9H,1-4H2,(H,10,11). The molecular formula is C7H11N3O. The minimum atomic E-state index is -0.208. The second-order valence-electron chi connectivity index (χ2n) is 2.64. The first kappa shape index (κ1) is 8.02. The highest BCUT2D eigenvalue weighted by Crippen LogP contribution is 2.18. The molecule has 0 heterocycles. The zero-order valence-corrected chi connectivity index (χ0v) is 6.26. The fourth-order valence-electron chi connectivity index (χ4n) is 0.802. The van der Waals surface area contributed by atoms with Crippen LogP contribution in [0.4, 0.5) is 0 Å². The minimum Gasteiger partial charge on any atom is -0.313 e. The lowest BCUT2D eigenvalue weighted by molar-refractivity contribution is -0.119. The fourth-order valence-corrected chi connectivity index (χ4v) is 0.802. The van der Waals surface area contributed by atoms with Crippen molar-refractivity contribution < 1.29 is 4.79 Å². The van der Waals surface area contributed by atoms with Gasteiger partial charge in [0.05, 0.1) is 0 Å². The first-order valence-electron chi connectivity index (χ1n) is 3.74. The number of hydrogen-bond acceptors (Lipinski definition) is 3. The lowest BCUT2D eigenvalue weighted by Crippen LogP contribution is -2.25. The molecule has 1 aliphatic rings. The van der Waals surface area contributed by atoms with E-state index in [1.807, 2.05) is 0 Å². The van der Waals surface area contributed by atoms with Crippen LogP contribution < -0.4 is 10.6 Å². The van der Waals surface area contributed by atoms with Crippen molar-refractivity contribution in [3.63, 3.8) is 0 Å². The van der Waals surface area contributed by atoms with Crippen LogP contribution in [0.2, 0.25) is 0 Å². The van der Waals surface area contributed by atoms with Gasteiger partial charge in [0, 0.05) is 19.0 Å². The third-order valence-corrected chi connectivity index (χ3v) is 1.56. The largest absolute Gasteiger partial charge is 0.313 e. The van der Waals surface area contributed by atoms with Crippen LogP contribution in [0.5, 0.6) is 0 Å². The number of carbonyl (C=O) groups is 1. The number of hydrogen-bond donors (Lipinski definition) is 2. The van der Waals surface area contributed by atoms with Gasteiger partial charge in [-0.15, -0.1) is 0 Å². The molecule has 4 nitrogen and oxygen atoms in total. The molecule has 1 aliphatic carbocycles. The Morgan fingerprint density at radius 2 is 2.36 bits per heavy atom. The van der Waals surface area contributed by atoms with Crippen LogP contribution in [-0.2, 0) is 4.79 Å². The molecule has 60 valence electrons. The minimum absolute atomic E-state index is 0.208. The molecule has 1 rings (SSSR count). The second kappa shape index (κ2) is 3.94. The van der Waals surface area contributed by atoms with Crippen LogP contribution in [0.3, 0.4) is 0 Å². The molecule has 1 fully saturated rings. The van der Waals surface area contributed by atoms with Gasteiger partial charge in [0.25, 0.3) is 0 Å². The highest BCUT2D eigenvalue weighted by Gasteiger charge is 2.19. The summed E-state index contributed by atoms with van der Waals surface area (Å²) in [5, 5.41) is 13.3. The van der Waals surface area contributed by atoms with Gasteiger partial charge in [-0.1, -0.05) is 0 Å². The molecular weight excluding hydrogens is 142 g/mol. The Labute approximate surface area is 65.6 Å². The van der Waals surface area contributed by atoms with Crippen LogP contribution in [-0.4, -0.2) is 18.5 Å². The zero-order chi connectivity index (χ0) is 8.10. The van der Waals surface area contributed by atoms with Gasteiger partial charge in [-0.25, -0.2) is 0 Å². The van der Waals surface area contributed by atoms with Gasteiger partial charge in [-0.2, -0.15) is 5.26 Å². The van der Waals surface area contributed by atoms with Crippen LogP contribution in [0.15, 0.2) is 0 Å². The molecule has 11 heavy (non-hydrogen) atoms. The molecule has 0 aromatic carbocycles. The molecule has 0 aromatic heterocycles. The summed E-state index contributed by atoms with van der Waals surface area (Å²) < 4.78 is 0. The van der Waals surface area contributed by atoms with Crippen LogP contribution in [0, 0.1) is 11.5 Å². The number of nitrogens with zero attached hydrogens (tertiary/aromatic N) is 1. The normalized spacial score (nSPS) is 15.5. The summed E-state index contributed by atoms with van der Waals surface area (Å²) in [6, 6.07) is 0.630. The van der Waals surface area contributed by atoms with Crippen molar-refractivity contribution in [3.05, 3.63) is 0 Å². The van der Waals surface area contributed by atoms with E-state index in [1.54, 1.807) is 6.19 Å². The molecule has 2 N–H and O–H groups in total. The SMILES string of the molecule is N#CNC(=O)CCNC1CC1. The third-order valence-electron chi connectivity index (χ3n) is 1.56. The molecule has 0 saturated heterocycles. The van der Waals surface area contributed by atoms with Crippen molar-refractivity contribution in [3.8, 4) is 6.19 Å². The molecule has 0 unspecified atom stereocenters. The smallest absolute Gasteiger partial charge is 0.234 e. The highest BCUT2D eigenvalue weighted by molar-refractivity contribution is 5.77. The van der Waals surface area contributed by atoms with E-state index in [0.717, 1.165) is 0 Å². The number of amides is 1. The molecule has 0 aliphatic heterocycles. The molecule has 0 atom stereocenters. The molecule has 1 amide bonds. The third kappa shape index (κ3) is 3.58. The van der Waals surface area contributed by atoms with Gasteiger partial charge < -0.3 is 5.32 Å². The molecule has 0 aromatic rings. The molecule has 0 bridgehead atoms.